The molecule has 0 aromatic rings. The maximum Gasteiger partial charge on any atom is 0.227 e. The molecule has 0 aromatic heterocycles. The molecule has 0 aromatic carbocycles. The van der Waals surface area contributed by atoms with Gasteiger partial charge in [-0.05, 0) is 30.1 Å². The first-order valence-electron chi connectivity index (χ1n) is 6.84. The number of nitrogens with two attached hydrogens (primary N) is 1. The van der Waals surface area contributed by atoms with Gasteiger partial charge in [0.2, 0.25) is 5.91 Å². The van der Waals surface area contributed by atoms with E-state index in [1.807, 2.05) is 0 Å². The van der Waals surface area contributed by atoms with Gasteiger partial charge in [0.25, 0.3) is 0 Å². The maximum atomic E-state index is 12.6. The van der Waals surface area contributed by atoms with Crippen LogP contribution in [0.15, 0.2) is 0 Å². The van der Waals surface area contributed by atoms with Gasteiger partial charge in [-0.15, -0.1) is 0 Å². The monoisotopic (exact) mass is 238 g/mol. The second-order valence-corrected chi connectivity index (χ2v) is 6.78. The predicted molar refractivity (Wildman–Crippen MR) is 69.5 cm³/mol. The van der Waals surface area contributed by atoms with E-state index in [2.05, 4.69) is 32.6 Å². The van der Waals surface area contributed by atoms with E-state index < -0.39 is 0 Å². The van der Waals surface area contributed by atoms with Crippen molar-refractivity contribution in [2.45, 2.75) is 53.0 Å². The third-order valence-electron chi connectivity index (χ3n) is 5.44. The number of carbonyl (C=O) groups is 1. The van der Waals surface area contributed by atoms with Crippen LogP contribution in [0.1, 0.15) is 47.0 Å². The highest BCUT2D eigenvalue weighted by Crippen LogP contribution is 2.69. The minimum Gasteiger partial charge on any atom is -0.338 e. The summed E-state index contributed by atoms with van der Waals surface area (Å²) in [5.41, 5.74) is 5.92. The molecule has 2 N–H and O–H groups in total. The average molecular weight is 238 g/mol. The molecule has 0 aliphatic heterocycles. The molecular formula is C14H26N2O. The number of carbonyl (C=O) groups excluding carboxylic acids is 1. The number of nitrogens with zero attached hydrogens (tertiary/aromatic N) is 1. The van der Waals surface area contributed by atoms with E-state index in [1.165, 1.54) is 19.3 Å². The van der Waals surface area contributed by atoms with Gasteiger partial charge in [0.15, 0.2) is 0 Å². The summed E-state index contributed by atoms with van der Waals surface area (Å²) in [6, 6.07) is 0.471. The minimum absolute atomic E-state index is 0.140. The second kappa shape index (κ2) is 3.98. The highest BCUT2D eigenvalue weighted by Gasteiger charge is 2.69. The molecule has 17 heavy (non-hydrogen) atoms. The van der Waals surface area contributed by atoms with Crippen molar-refractivity contribution >= 4 is 5.91 Å². The Labute approximate surface area is 105 Å². The first-order chi connectivity index (χ1) is 7.84. The van der Waals surface area contributed by atoms with E-state index in [4.69, 9.17) is 5.73 Å². The quantitative estimate of drug-likeness (QED) is 0.814. The topological polar surface area (TPSA) is 46.3 Å². The van der Waals surface area contributed by atoms with Gasteiger partial charge in [0.1, 0.15) is 0 Å². The van der Waals surface area contributed by atoms with Crippen LogP contribution < -0.4 is 5.73 Å². The van der Waals surface area contributed by atoms with E-state index in [9.17, 15) is 4.79 Å². The molecule has 0 bridgehead atoms. The Hall–Kier alpha value is -0.570. The standard InChI is InChI=1S/C14H26N2O/c1-13(2)11(14(13,3)4)12(17)16(9-8-15)10-6-5-7-10/h10-11H,5-9,15H2,1-4H3. The molecule has 3 heteroatoms. The van der Waals surface area contributed by atoms with Crippen LogP contribution >= 0.6 is 0 Å². The highest BCUT2D eigenvalue weighted by atomic mass is 16.2. The lowest BCUT2D eigenvalue weighted by Crippen LogP contribution is -2.47. The summed E-state index contributed by atoms with van der Waals surface area (Å²) in [7, 11) is 0. The summed E-state index contributed by atoms with van der Waals surface area (Å²) in [5.74, 6) is 0.525. The average Bonchev–Trinajstić information content (AvgIpc) is 2.53. The van der Waals surface area contributed by atoms with Crippen LogP contribution in [-0.4, -0.2) is 29.9 Å². The number of rotatable bonds is 4. The summed E-state index contributed by atoms with van der Waals surface area (Å²) >= 11 is 0. The molecule has 0 heterocycles. The van der Waals surface area contributed by atoms with Gasteiger partial charge in [-0.1, -0.05) is 27.7 Å². The van der Waals surface area contributed by atoms with E-state index in [1.54, 1.807) is 0 Å². The predicted octanol–water partition coefficient (Wildman–Crippen LogP) is 2.01. The van der Waals surface area contributed by atoms with Crippen molar-refractivity contribution < 1.29 is 4.79 Å². The fraction of sp³-hybridized carbons (Fsp3) is 0.929. The molecule has 2 saturated carbocycles. The molecule has 0 radical (unpaired) electrons. The molecule has 3 nitrogen and oxygen atoms in total. The van der Waals surface area contributed by atoms with E-state index in [0.29, 0.717) is 18.5 Å². The summed E-state index contributed by atoms with van der Waals surface area (Å²) < 4.78 is 0. The van der Waals surface area contributed by atoms with Crippen molar-refractivity contribution in [3.05, 3.63) is 0 Å². The Morgan fingerprint density at radius 2 is 1.76 bits per heavy atom. The Morgan fingerprint density at radius 3 is 2.06 bits per heavy atom. The lowest BCUT2D eigenvalue weighted by Gasteiger charge is -2.38. The van der Waals surface area contributed by atoms with E-state index in [0.717, 1.165) is 6.54 Å². The molecule has 2 aliphatic rings. The van der Waals surface area contributed by atoms with Crippen LogP contribution in [0.3, 0.4) is 0 Å². The number of hydrogen-bond donors (Lipinski definition) is 1. The number of hydrogen-bond acceptors (Lipinski definition) is 2. The van der Waals surface area contributed by atoms with Crippen molar-refractivity contribution in [1.29, 1.82) is 0 Å². The summed E-state index contributed by atoms with van der Waals surface area (Å²) in [6.45, 7) is 10.1. The molecule has 0 atom stereocenters. The van der Waals surface area contributed by atoms with Crippen molar-refractivity contribution in [3.63, 3.8) is 0 Å². The van der Waals surface area contributed by atoms with Crippen molar-refractivity contribution in [1.82, 2.24) is 4.90 Å². The van der Waals surface area contributed by atoms with E-state index in [-0.39, 0.29) is 16.7 Å². The normalized spacial score (nSPS) is 26.4. The van der Waals surface area contributed by atoms with Crippen LogP contribution in [0.5, 0.6) is 0 Å². The van der Waals surface area contributed by atoms with Crippen LogP contribution in [0, 0.1) is 16.7 Å². The largest absolute Gasteiger partial charge is 0.338 e. The summed E-state index contributed by atoms with van der Waals surface area (Å²) in [4.78, 5) is 14.7. The fourth-order valence-electron chi connectivity index (χ4n) is 3.29. The minimum atomic E-state index is 0.140. The van der Waals surface area contributed by atoms with Gasteiger partial charge < -0.3 is 10.6 Å². The highest BCUT2D eigenvalue weighted by molar-refractivity contribution is 5.84. The molecular weight excluding hydrogens is 212 g/mol. The molecule has 2 aliphatic carbocycles. The molecule has 0 saturated heterocycles. The lowest BCUT2D eigenvalue weighted by atomic mass is 9.90. The fourth-order valence-corrected chi connectivity index (χ4v) is 3.29. The SMILES string of the molecule is CC1(C)C(C(=O)N(CCN)C2CCC2)C1(C)C. The van der Waals surface area contributed by atoms with Crippen molar-refractivity contribution in [3.8, 4) is 0 Å². The van der Waals surface area contributed by atoms with Crippen molar-refractivity contribution in [2.75, 3.05) is 13.1 Å². The molecule has 0 unspecified atom stereocenters. The molecule has 1 amide bonds. The first-order valence-corrected chi connectivity index (χ1v) is 6.84. The van der Waals surface area contributed by atoms with Gasteiger partial charge >= 0.3 is 0 Å². The van der Waals surface area contributed by atoms with Crippen molar-refractivity contribution in [2.24, 2.45) is 22.5 Å². The third kappa shape index (κ3) is 1.79. The third-order valence-corrected chi connectivity index (χ3v) is 5.44. The molecule has 0 spiro atoms. The zero-order valence-corrected chi connectivity index (χ0v) is 11.6. The van der Waals surface area contributed by atoms with Crippen LogP contribution in [0.2, 0.25) is 0 Å². The summed E-state index contributed by atoms with van der Waals surface area (Å²) in [5, 5.41) is 0. The first kappa shape index (κ1) is 12.9. The van der Waals surface area contributed by atoms with Gasteiger partial charge in [-0.2, -0.15) is 0 Å². The Balaban J connectivity index is 2.07. The van der Waals surface area contributed by atoms with Crippen LogP contribution in [-0.2, 0) is 4.79 Å². The zero-order valence-electron chi connectivity index (χ0n) is 11.6. The van der Waals surface area contributed by atoms with Crippen LogP contribution in [0.25, 0.3) is 0 Å². The molecule has 2 rings (SSSR count). The lowest BCUT2D eigenvalue weighted by molar-refractivity contribution is -0.137. The number of amides is 1. The Bertz CT molecular complexity index is 304. The van der Waals surface area contributed by atoms with Gasteiger partial charge in [0, 0.05) is 25.0 Å². The second-order valence-electron chi connectivity index (χ2n) is 6.78. The summed E-state index contributed by atoms with van der Waals surface area (Å²) in [6.07, 6.45) is 3.59. The molecule has 2 fully saturated rings. The van der Waals surface area contributed by atoms with Crippen LogP contribution in [0.4, 0.5) is 0 Å². The molecule has 98 valence electrons. The van der Waals surface area contributed by atoms with E-state index >= 15 is 0 Å². The van der Waals surface area contributed by atoms with Gasteiger partial charge in [0.05, 0.1) is 0 Å². The smallest absolute Gasteiger partial charge is 0.227 e. The maximum absolute atomic E-state index is 12.6. The van der Waals surface area contributed by atoms with Gasteiger partial charge in [-0.3, -0.25) is 4.79 Å². The Morgan fingerprint density at radius 1 is 1.24 bits per heavy atom. The Kier molecular flexibility index (Phi) is 3.01. The van der Waals surface area contributed by atoms with Gasteiger partial charge in [-0.25, -0.2) is 0 Å². The zero-order chi connectivity index (χ0) is 12.8.